The minimum absolute atomic E-state index is 0.648. The summed E-state index contributed by atoms with van der Waals surface area (Å²) >= 11 is 0. The molecule has 0 saturated carbocycles. The molecule has 104 valence electrons. The molecule has 3 aromatic carbocycles. The number of aliphatic hydroxyl groups is 1. The van der Waals surface area contributed by atoms with Gasteiger partial charge in [-0.05, 0) is 35.4 Å². The second-order valence-corrected chi connectivity index (χ2v) is 4.80. The second-order valence-electron chi connectivity index (χ2n) is 4.80. The molecule has 1 N–H and O–H groups in total. The zero-order valence-corrected chi connectivity index (χ0v) is 11.5. The molecule has 3 rings (SSSR count). The molecule has 3 aromatic rings. The number of para-hydroxylation sites is 1. The van der Waals surface area contributed by atoms with E-state index in [0.29, 0.717) is 5.75 Å². The molecule has 0 unspecified atom stereocenters. The lowest BCUT2D eigenvalue weighted by molar-refractivity contribution is 0.220. The molecule has 0 amide bonds. The van der Waals surface area contributed by atoms with Crippen LogP contribution in [0.2, 0.25) is 0 Å². The van der Waals surface area contributed by atoms with Crippen molar-refractivity contribution in [3.05, 3.63) is 96.1 Å². The Morgan fingerprint density at radius 2 is 1.19 bits per heavy atom. The summed E-state index contributed by atoms with van der Waals surface area (Å²) in [5.41, 5.74) is 1.68. The maximum absolute atomic E-state index is 10.4. The Morgan fingerprint density at radius 1 is 0.619 bits per heavy atom. The lowest BCUT2D eigenvalue weighted by Crippen LogP contribution is -1.99. The Kier molecular flexibility index (Phi) is 3.99. The van der Waals surface area contributed by atoms with Gasteiger partial charge >= 0.3 is 0 Å². The minimum Gasteiger partial charge on any atom is -0.457 e. The molecule has 0 aromatic heterocycles. The Morgan fingerprint density at radius 3 is 1.90 bits per heavy atom. The molecule has 0 radical (unpaired) electrons. The summed E-state index contributed by atoms with van der Waals surface area (Å²) in [5, 5.41) is 10.4. The predicted molar refractivity (Wildman–Crippen MR) is 83.5 cm³/mol. The number of aliphatic hydroxyl groups excluding tert-OH is 1. The van der Waals surface area contributed by atoms with Crippen LogP contribution in [-0.4, -0.2) is 5.11 Å². The van der Waals surface area contributed by atoms with Gasteiger partial charge in [0.15, 0.2) is 0 Å². The van der Waals surface area contributed by atoms with Crippen LogP contribution in [0.5, 0.6) is 11.5 Å². The van der Waals surface area contributed by atoms with Crippen molar-refractivity contribution >= 4 is 0 Å². The zero-order valence-electron chi connectivity index (χ0n) is 11.5. The maximum atomic E-state index is 10.4. The SMILES string of the molecule is O[C@@H](c1ccccc1)c1cccc(Oc2ccccc2)c1. The molecule has 0 bridgehead atoms. The Balaban J connectivity index is 1.83. The Hall–Kier alpha value is -2.58. The van der Waals surface area contributed by atoms with Gasteiger partial charge in [0.1, 0.15) is 17.6 Å². The third-order valence-electron chi connectivity index (χ3n) is 3.27. The normalized spacial score (nSPS) is 11.9. The van der Waals surface area contributed by atoms with Crippen molar-refractivity contribution in [3.63, 3.8) is 0 Å². The van der Waals surface area contributed by atoms with Crippen molar-refractivity contribution in [1.29, 1.82) is 0 Å². The van der Waals surface area contributed by atoms with Crippen LogP contribution in [0, 0.1) is 0 Å². The second kappa shape index (κ2) is 6.25. The van der Waals surface area contributed by atoms with Crippen molar-refractivity contribution in [1.82, 2.24) is 0 Å². The molecule has 2 heteroatoms. The molecule has 0 spiro atoms. The highest BCUT2D eigenvalue weighted by atomic mass is 16.5. The Labute approximate surface area is 124 Å². The van der Waals surface area contributed by atoms with Gasteiger partial charge in [0.2, 0.25) is 0 Å². The van der Waals surface area contributed by atoms with Gasteiger partial charge in [-0.3, -0.25) is 0 Å². The first-order valence-corrected chi connectivity index (χ1v) is 6.89. The first-order valence-electron chi connectivity index (χ1n) is 6.89. The molecule has 0 fully saturated rings. The van der Waals surface area contributed by atoms with E-state index in [-0.39, 0.29) is 0 Å². The van der Waals surface area contributed by atoms with Crippen LogP contribution in [0.15, 0.2) is 84.9 Å². The van der Waals surface area contributed by atoms with Gasteiger partial charge in [0.25, 0.3) is 0 Å². The third-order valence-corrected chi connectivity index (χ3v) is 3.27. The largest absolute Gasteiger partial charge is 0.457 e. The summed E-state index contributed by atoms with van der Waals surface area (Å²) < 4.78 is 5.79. The first kappa shape index (κ1) is 13.4. The van der Waals surface area contributed by atoms with Gasteiger partial charge < -0.3 is 9.84 Å². The number of ether oxygens (including phenoxy) is 1. The summed E-state index contributed by atoms with van der Waals surface area (Å²) in [5.74, 6) is 1.50. The lowest BCUT2D eigenvalue weighted by atomic mass is 10.0. The molecule has 1 atom stereocenters. The molecule has 0 saturated heterocycles. The topological polar surface area (TPSA) is 29.5 Å². The van der Waals surface area contributed by atoms with Crippen molar-refractivity contribution in [2.75, 3.05) is 0 Å². The molecule has 0 heterocycles. The molecular weight excluding hydrogens is 260 g/mol. The quantitative estimate of drug-likeness (QED) is 0.757. The van der Waals surface area contributed by atoms with E-state index in [1.54, 1.807) is 0 Å². The van der Waals surface area contributed by atoms with E-state index in [2.05, 4.69) is 0 Å². The van der Waals surface area contributed by atoms with E-state index in [1.165, 1.54) is 0 Å². The number of hydrogen-bond donors (Lipinski definition) is 1. The fraction of sp³-hybridized carbons (Fsp3) is 0.0526. The minimum atomic E-state index is -0.648. The number of benzene rings is 3. The van der Waals surface area contributed by atoms with Gasteiger partial charge in [-0.25, -0.2) is 0 Å². The van der Waals surface area contributed by atoms with Crippen molar-refractivity contribution in [2.24, 2.45) is 0 Å². The molecule has 2 nitrogen and oxygen atoms in total. The summed E-state index contributed by atoms with van der Waals surface area (Å²) in [6.07, 6.45) is -0.648. The van der Waals surface area contributed by atoms with Crippen LogP contribution < -0.4 is 4.74 Å². The van der Waals surface area contributed by atoms with Gasteiger partial charge in [0.05, 0.1) is 0 Å². The highest BCUT2D eigenvalue weighted by Crippen LogP contribution is 2.27. The monoisotopic (exact) mass is 276 g/mol. The fourth-order valence-electron chi connectivity index (χ4n) is 2.20. The lowest BCUT2D eigenvalue weighted by Gasteiger charge is -2.13. The van der Waals surface area contributed by atoms with Crippen molar-refractivity contribution < 1.29 is 9.84 Å². The van der Waals surface area contributed by atoms with E-state index >= 15 is 0 Å². The molecular formula is C19H16O2. The van der Waals surface area contributed by atoms with Crippen LogP contribution >= 0.6 is 0 Å². The van der Waals surface area contributed by atoms with E-state index in [0.717, 1.165) is 16.9 Å². The van der Waals surface area contributed by atoms with E-state index in [4.69, 9.17) is 4.74 Å². The molecule has 0 aliphatic rings. The summed E-state index contributed by atoms with van der Waals surface area (Å²) in [6, 6.07) is 26.7. The first-order chi connectivity index (χ1) is 10.3. The van der Waals surface area contributed by atoms with Crippen LogP contribution in [0.3, 0.4) is 0 Å². The van der Waals surface area contributed by atoms with Crippen molar-refractivity contribution in [2.45, 2.75) is 6.10 Å². The number of rotatable bonds is 4. The standard InChI is InChI=1S/C19H16O2/c20-19(15-8-3-1-4-9-15)16-10-7-13-18(14-16)21-17-11-5-2-6-12-17/h1-14,19-20H/t19-/m0/s1. The van der Waals surface area contributed by atoms with E-state index < -0.39 is 6.10 Å². The highest BCUT2D eigenvalue weighted by Gasteiger charge is 2.10. The van der Waals surface area contributed by atoms with Crippen LogP contribution in [0.25, 0.3) is 0 Å². The average Bonchev–Trinajstić information content (AvgIpc) is 2.56. The fourth-order valence-corrected chi connectivity index (χ4v) is 2.20. The van der Waals surface area contributed by atoms with E-state index in [1.807, 2.05) is 84.9 Å². The molecule has 0 aliphatic heterocycles. The zero-order chi connectivity index (χ0) is 14.5. The number of hydrogen-bond acceptors (Lipinski definition) is 2. The highest BCUT2D eigenvalue weighted by molar-refractivity contribution is 5.37. The van der Waals surface area contributed by atoms with Crippen LogP contribution in [0.1, 0.15) is 17.2 Å². The third kappa shape index (κ3) is 3.30. The van der Waals surface area contributed by atoms with Crippen LogP contribution in [-0.2, 0) is 0 Å². The van der Waals surface area contributed by atoms with E-state index in [9.17, 15) is 5.11 Å². The smallest absolute Gasteiger partial charge is 0.127 e. The van der Waals surface area contributed by atoms with Gasteiger partial charge in [-0.15, -0.1) is 0 Å². The maximum Gasteiger partial charge on any atom is 0.127 e. The molecule has 0 aliphatic carbocycles. The average molecular weight is 276 g/mol. The Bertz CT molecular complexity index is 693. The van der Waals surface area contributed by atoms with Crippen molar-refractivity contribution in [3.8, 4) is 11.5 Å². The van der Waals surface area contributed by atoms with Crippen LogP contribution in [0.4, 0.5) is 0 Å². The summed E-state index contributed by atoms with van der Waals surface area (Å²) in [7, 11) is 0. The summed E-state index contributed by atoms with van der Waals surface area (Å²) in [4.78, 5) is 0. The molecule has 21 heavy (non-hydrogen) atoms. The van der Waals surface area contributed by atoms with Gasteiger partial charge in [0, 0.05) is 0 Å². The predicted octanol–water partition coefficient (Wildman–Crippen LogP) is 4.56. The summed E-state index contributed by atoms with van der Waals surface area (Å²) in [6.45, 7) is 0. The van der Waals surface area contributed by atoms with Gasteiger partial charge in [-0.2, -0.15) is 0 Å². The van der Waals surface area contributed by atoms with Gasteiger partial charge in [-0.1, -0.05) is 60.7 Å².